The van der Waals surface area contributed by atoms with Crippen LogP contribution in [0.3, 0.4) is 0 Å². The maximum Gasteiger partial charge on any atom is 0.256 e. The molecule has 3 aromatic rings. The molecule has 29 heavy (non-hydrogen) atoms. The molecular formula is C19H20N4O4S2. The first-order chi connectivity index (χ1) is 13.8. The standard InChI is InChI=1S/C19H20N4O4S2/c1-13-20-18(27-22-13)12-28-17-10-5-4-9-16(17)19(24)21-14-7-6-8-15(11-14)29(25,26)23(2)3/h4-11H,12H2,1-3H3,(H,21,24). The minimum absolute atomic E-state index is 0.106. The molecule has 1 heterocycles. The highest BCUT2D eigenvalue weighted by Crippen LogP contribution is 2.27. The molecule has 0 saturated carbocycles. The zero-order valence-electron chi connectivity index (χ0n) is 16.1. The van der Waals surface area contributed by atoms with Crippen molar-refractivity contribution >= 4 is 33.4 Å². The number of nitrogens with one attached hydrogen (secondary N) is 1. The van der Waals surface area contributed by atoms with Crippen LogP contribution in [0.4, 0.5) is 5.69 Å². The Kier molecular flexibility index (Phi) is 6.36. The van der Waals surface area contributed by atoms with Crippen molar-refractivity contribution in [3.8, 4) is 0 Å². The fraction of sp³-hybridized carbons (Fsp3) is 0.211. The quantitative estimate of drug-likeness (QED) is 0.572. The second-order valence-electron chi connectivity index (χ2n) is 6.29. The molecule has 0 aliphatic carbocycles. The number of nitrogens with zero attached hydrogens (tertiary/aromatic N) is 3. The number of carbonyl (C=O) groups excluding carboxylic acids is 1. The van der Waals surface area contributed by atoms with Gasteiger partial charge in [0, 0.05) is 24.7 Å². The Labute approximate surface area is 173 Å². The second-order valence-corrected chi connectivity index (χ2v) is 9.46. The van der Waals surface area contributed by atoms with Crippen LogP contribution in [0.5, 0.6) is 0 Å². The predicted molar refractivity (Wildman–Crippen MR) is 110 cm³/mol. The average Bonchev–Trinajstić information content (AvgIpc) is 3.12. The minimum Gasteiger partial charge on any atom is -0.338 e. The van der Waals surface area contributed by atoms with Crippen LogP contribution < -0.4 is 5.32 Å². The number of benzene rings is 2. The molecule has 0 spiro atoms. The van der Waals surface area contributed by atoms with Crippen molar-refractivity contribution in [2.75, 3.05) is 19.4 Å². The van der Waals surface area contributed by atoms with Gasteiger partial charge in [-0.15, -0.1) is 11.8 Å². The summed E-state index contributed by atoms with van der Waals surface area (Å²) in [6.45, 7) is 1.74. The summed E-state index contributed by atoms with van der Waals surface area (Å²) in [7, 11) is -0.676. The number of carbonyl (C=O) groups is 1. The van der Waals surface area contributed by atoms with Gasteiger partial charge in [0.15, 0.2) is 5.82 Å². The lowest BCUT2D eigenvalue weighted by atomic mass is 10.2. The SMILES string of the molecule is Cc1noc(CSc2ccccc2C(=O)Nc2cccc(S(=O)(=O)N(C)C)c2)n1. The molecule has 10 heteroatoms. The van der Waals surface area contributed by atoms with E-state index in [2.05, 4.69) is 15.5 Å². The molecule has 0 bridgehead atoms. The van der Waals surface area contributed by atoms with Crippen LogP contribution in [0.1, 0.15) is 22.1 Å². The fourth-order valence-electron chi connectivity index (χ4n) is 2.46. The van der Waals surface area contributed by atoms with Gasteiger partial charge >= 0.3 is 0 Å². The number of thioether (sulfide) groups is 1. The van der Waals surface area contributed by atoms with E-state index < -0.39 is 10.0 Å². The summed E-state index contributed by atoms with van der Waals surface area (Å²) in [5.74, 6) is 1.12. The predicted octanol–water partition coefficient (Wildman–Crippen LogP) is 3.17. The highest BCUT2D eigenvalue weighted by Gasteiger charge is 2.18. The van der Waals surface area contributed by atoms with Gasteiger partial charge in [-0.1, -0.05) is 23.4 Å². The third kappa shape index (κ3) is 5.03. The lowest BCUT2D eigenvalue weighted by Crippen LogP contribution is -2.22. The maximum atomic E-state index is 12.8. The molecule has 1 amide bonds. The molecule has 0 saturated heterocycles. The zero-order chi connectivity index (χ0) is 21.0. The lowest BCUT2D eigenvalue weighted by molar-refractivity contribution is 0.102. The first-order valence-corrected chi connectivity index (χ1v) is 11.0. The van der Waals surface area contributed by atoms with E-state index in [4.69, 9.17) is 4.52 Å². The molecule has 2 aromatic carbocycles. The van der Waals surface area contributed by atoms with Crippen molar-refractivity contribution in [1.82, 2.24) is 14.4 Å². The van der Waals surface area contributed by atoms with Crippen LogP contribution in [0.25, 0.3) is 0 Å². The fourth-order valence-corrected chi connectivity index (χ4v) is 4.30. The molecule has 1 aromatic heterocycles. The Morgan fingerprint density at radius 2 is 1.93 bits per heavy atom. The van der Waals surface area contributed by atoms with Crippen LogP contribution in [0, 0.1) is 6.92 Å². The van der Waals surface area contributed by atoms with E-state index in [0.29, 0.717) is 28.7 Å². The molecule has 152 valence electrons. The normalized spacial score (nSPS) is 11.6. The summed E-state index contributed by atoms with van der Waals surface area (Å²) in [5.41, 5.74) is 0.861. The van der Waals surface area contributed by atoms with Crippen molar-refractivity contribution in [3.63, 3.8) is 0 Å². The molecule has 0 atom stereocenters. The summed E-state index contributed by atoms with van der Waals surface area (Å²) in [5, 5.41) is 6.52. The second kappa shape index (κ2) is 8.76. The molecule has 0 radical (unpaired) electrons. The van der Waals surface area contributed by atoms with Gasteiger partial charge < -0.3 is 9.84 Å². The monoisotopic (exact) mass is 432 g/mol. The first-order valence-electron chi connectivity index (χ1n) is 8.62. The highest BCUT2D eigenvalue weighted by molar-refractivity contribution is 7.98. The van der Waals surface area contributed by atoms with E-state index in [0.717, 1.165) is 9.20 Å². The third-order valence-corrected chi connectivity index (χ3v) is 6.79. The van der Waals surface area contributed by atoms with E-state index >= 15 is 0 Å². The largest absolute Gasteiger partial charge is 0.338 e. The molecule has 0 unspecified atom stereocenters. The van der Waals surface area contributed by atoms with Crippen molar-refractivity contribution in [3.05, 3.63) is 65.8 Å². The number of aromatic nitrogens is 2. The van der Waals surface area contributed by atoms with Gasteiger partial charge in [0.05, 0.1) is 16.2 Å². The van der Waals surface area contributed by atoms with Crippen LogP contribution in [-0.4, -0.2) is 42.9 Å². The summed E-state index contributed by atoms with van der Waals surface area (Å²) in [6, 6.07) is 13.3. The Morgan fingerprint density at radius 1 is 1.17 bits per heavy atom. The number of anilines is 1. The summed E-state index contributed by atoms with van der Waals surface area (Å²) in [6.07, 6.45) is 0. The van der Waals surface area contributed by atoms with Crippen molar-refractivity contribution in [2.45, 2.75) is 22.5 Å². The number of aryl methyl sites for hydroxylation is 1. The van der Waals surface area contributed by atoms with Crippen LogP contribution in [0.2, 0.25) is 0 Å². The molecule has 3 rings (SSSR count). The van der Waals surface area contributed by atoms with E-state index in [-0.39, 0.29) is 10.8 Å². The highest BCUT2D eigenvalue weighted by atomic mass is 32.2. The van der Waals surface area contributed by atoms with Crippen molar-refractivity contribution in [2.24, 2.45) is 0 Å². The Bertz CT molecular complexity index is 1130. The van der Waals surface area contributed by atoms with Crippen LogP contribution >= 0.6 is 11.8 Å². The van der Waals surface area contributed by atoms with E-state index in [1.807, 2.05) is 12.1 Å². The van der Waals surface area contributed by atoms with Gasteiger partial charge in [0.2, 0.25) is 15.9 Å². The summed E-state index contributed by atoms with van der Waals surface area (Å²) >= 11 is 1.40. The Hall–Kier alpha value is -2.69. The lowest BCUT2D eigenvalue weighted by Gasteiger charge is -2.13. The van der Waals surface area contributed by atoms with E-state index in [1.54, 1.807) is 31.2 Å². The number of hydrogen-bond donors (Lipinski definition) is 1. The van der Waals surface area contributed by atoms with Gasteiger partial charge in [-0.2, -0.15) is 4.98 Å². The molecule has 8 nitrogen and oxygen atoms in total. The smallest absolute Gasteiger partial charge is 0.256 e. The first kappa shape index (κ1) is 21.0. The van der Waals surface area contributed by atoms with Crippen molar-refractivity contribution in [1.29, 1.82) is 0 Å². The van der Waals surface area contributed by atoms with Gasteiger partial charge in [-0.05, 0) is 37.3 Å². The molecular weight excluding hydrogens is 412 g/mol. The van der Waals surface area contributed by atoms with Crippen LogP contribution in [0.15, 0.2) is 62.8 Å². The maximum absolute atomic E-state index is 12.8. The van der Waals surface area contributed by atoms with Gasteiger partial charge in [-0.25, -0.2) is 12.7 Å². The zero-order valence-corrected chi connectivity index (χ0v) is 17.8. The number of sulfonamides is 1. The van der Waals surface area contributed by atoms with Gasteiger partial charge in [0.25, 0.3) is 5.91 Å². The van der Waals surface area contributed by atoms with Gasteiger partial charge in [-0.3, -0.25) is 4.79 Å². The molecule has 0 aliphatic rings. The average molecular weight is 433 g/mol. The Morgan fingerprint density at radius 3 is 2.62 bits per heavy atom. The number of hydrogen-bond acceptors (Lipinski definition) is 7. The van der Waals surface area contributed by atoms with Gasteiger partial charge in [0.1, 0.15) is 0 Å². The molecule has 0 aliphatic heterocycles. The summed E-state index contributed by atoms with van der Waals surface area (Å²) < 4.78 is 30.8. The number of rotatable bonds is 7. The summed E-state index contributed by atoms with van der Waals surface area (Å²) in [4.78, 5) is 17.8. The van der Waals surface area contributed by atoms with Crippen LogP contribution in [-0.2, 0) is 15.8 Å². The third-order valence-electron chi connectivity index (χ3n) is 3.92. The van der Waals surface area contributed by atoms with Crippen molar-refractivity contribution < 1.29 is 17.7 Å². The van der Waals surface area contributed by atoms with E-state index in [9.17, 15) is 13.2 Å². The van der Waals surface area contributed by atoms with E-state index in [1.165, 1.54) is 38.0 Å². The molecule has 0 fully saturated rings. The molecule has 1 N–H and O–H groups in total. The number of amides is 1. The topological polar surface area (TPSA) is 105 Å². The minimum atomic E-state index is -3.59. The Balaban J connectivity index is 1.78.